The molecule has 0 aliphatic heterocycles. The predicted octanol–water partition coefficient (Wildman–Crippen LogP) is 1.83. The standard InChI is InChI=1S/C8H8ClNO2/c1-4(11)5-2-3-6(10)8(12)7(5)9/h2-3,12H,10H2,1H3. The maximum Gasteiger partial charge on any atom is 0.161 e. The predicted molar refractivity (Wildman–Crippen MR) is 47.5 cm³/mol. The molecule has 64 valence electrons. The van der Waals surface area contributed by atoms with E-state index in [1.54, 1.807) is 0 Å². The van der Waals surface area contributed by atoms with Crippen molar-refractivity contribution in [3.8, 4) is 5.75 Å². The number of carbonyl (C=O) groups is 1. The quantitative estimate of drug-likeness (QED) is 0.399. The van der Waals surface area contributed by atoms with Gasteiger partial charge in [0.15, 0.2) is 11.5 Å². The molecule has 0 aromatic heterocycles. The van der Waals surface area contributed by atoms with Gasteiger partial charge in [-0.25, -0.2) is 0 Å². The van der Waals surface area contributed by atoms with E-state index in [9.17, 15) is 9.90 Å². The van der Waals surface area contributed by atoms with E-state index in [1.165, 1.54) is 19.1 Å². The molecular weight excluding hydrogens is 178 g/mol. The highest BCUT2D eigenvalue weighted by Crippen LogP contribution is 2.32. The number of aromatic hydroxyl groups is 1. The minimum atomic E-state index is -0.232. The Labute approximate surface area is 74.8 Å². The summed E-state index contributed by atoms with van der Waals surface area (Å²) in [7, 11) is 0. The van der Waals surface area contributed by atoms with Crippen molar-refractivity contribution < 1.29 is 9.90 Å². The molecule has 0 aliphatic carbocycles. The molecule has 12 heavy (non-hydrogen) atoms. The largest absolute Gasteiger partial charge is 0.504 e. The van der Waals surface area contributed by atoms with Crippen LogP contribution < -0.4 is 5.73 Å². The monoisotopic (exact) mass is 185 g/mol. The van der Waals surface area contributed by atoms with Crippen molar-refractivity contribution in [2.24, 2.45) is 0 Å². The van der Waals surface area contributed by atoms with Crippen LogP contribution >= 0.6 is 11.6 Å². The maximum atomic E-state index is 10.9. The van der Waals surface area contributed by atoms with Crippen LogP contribution in [-0.4, -0.2) is 10.9 Å². The highest BCUT2D eigenvalue weighted by molar-refractivity contribution is 6.35. The second-order valence-corrected chi connectivity index (χ2v) is 2.80. The van der Waals surface area contributed by atoms with Crippen molar-refractivity contribution in [3.63, 3.8) is 0 Å². The van der Waals surface area contributed by atoms with Gasteiger partial charge in [0.2, 0.25) is 0 Å². The zero-order chi connectivity index (χ0) is 9.30. The molecule has 1 aromatic carbocycles. The smallest absolute Gasteiger partial charge is 0.161 e. The summed E-state index contributed by atoms with van der Waals surface area (Å²) < 4.78 is 0. The van der Waals surface area contributed by atoms with E-state index in [1.807, 2.05) is 0 Å². The van der Waals surface area contributed by atoms with E-state index in [2.05, 4.69) is 0 Å². The number of nitrogens with two attached hydrogens (primary N) is 1. The third-order valence-electron chi connectivity index (χ3n) is 1.53. The van der Waals surface area contributed by atoms with Crippen LogP contribution in [0, 0.1) is 0 Å². The first kappa shape index (κ1) is 8.87. The molecule has 0 unspecified atom stereocenters. The first-order valence-electron chi connectivity index (χ1n) is 3.32. The second-order valence-electron chi connectivity index (χ2n) is 2.42. The topological polar surface area (TPSA) is 63.3 Å². The van der Waals surface area contributed by atoms with Crippen molar-refractivity contribution in [1.29, 1.82) is 0 Å². The first-order chi connectivity index (χ1) is 5.54. The summed E-state index contributed by atoms with van der Waals surface area (Å²) in [6, 6.07) is 2.93. The van der Waals surface area contributed by atoms with Gasteiger partial charge in [-0.1, -0.05) is 11.6 Å². The Morgan fingerprint density at radius 2 is 2.17 bits per heavy atom. The molecule has 3 nitrogen and oxygen atoms in total. The van der Waals surface area contributed by atoms with Gasteiger partial charge >= 0.3 is 0 Å². The van der Waals surface area contributed by atoms with Crippen LogP contribution in [0.25, 0.3) is 0 Å². The highest BCUT2D eigenvalue weighted by Gasteiger charge is 2.11. The summed E-state index contributed by atoms with van der Waals surface area (Å²) in [5.41, 5.74) is 5.80. The maximum absolute atomic E-state index is 10.9. The molecule has 3 N–H and O–H groups in total. The van der Waals surface area contributed by atoms with Gasteiger partial charge in [0.05, 0.1) is 10.7 Å². The number of hydrogen-bond donors (Lipinski definition) is 2. The van der Waals surface area contributed by atoms with Crippen LogP contribution in [0.3, 0.4) is 0 Å². The van der Waals surface area contributed by atoms with E-state index < -0.39 is 0 Å². The van der Waals surface area contributed by atoms with Gasteiger partial charge < -0.3 is 10.8 Å². The van der Waals surface area contributed by atoms with Gasteiger partial charge in [0.25, 0.3) is 0 Å². The van der Waals surface area contributed by atoms with E-state index in [0.717, 1.165) is 0 Å². The number of phenols is 1. The average Bonchev–Trinajstić information content (AvgIpc) is 2.00. The third kappa shape index (κ3) is 1.36. The number of rotatable bonds is 1. The number of carbonyl (C=O) groups excluding carboxylic acids is 1. The molecule has 0 aliphatic rings. The van der Waals surface area contributed by atoms with Gasteiger partial charge in [-0.3, -0.25) is 4.79 Å². The number of ketones is 1. The number of phenolic OH excluding ortho intramolecular Hbond substituents is 1. The lowest BCUT2D eigenvalue weighted by molar-refractivity contribution is 0.101. The number of Topliss-reactive ketones (excluding diaryl/α,β-unsaturated/α-hetero) is 1. The molecule has 1 rings (SSSR count). The third-order valence-corrected chi connectivity index (χ3v) is 1.91. The van der Waals surface area contributed by atoms with E-state index in [-0.39, 0.29) is 27.8 Å². The van der Waals surface area contributed by atoms with Crippen LogP contribution in [0.5, 0.6) is 5.75 Å². The Kier molecular flexibility index (Phi) is 2.24. The first-order valence-corrected chi connectivity index (χ1v) is 3.69. The summed E-state index contributed by atoms with van der Waals surface area (Å²) in [6.07, 6.45) is 0. The van der Waals surface area contributed by atoms with Crippen molar-refractivity contribution in [1.82, 2.24) is 0 Å². The van der Waals surface area contributed by atoms with Gasteiger partial charge in [-0.05, 0) is 19.1 Å². The van der Waals surface area contributed by atoms with Crippen molar-refractivity contribution in [2.75, 3.05) is 5.73 Å². The molecule has 0 bridgehead atoms. The van der Waals surface area contributed by atoms with Crippen molar-refractivity contribution in [2.45, 2.75) is 6.92 Å². The van der Waals surface area contributed by atoms with Crippen LogP contribution in [0.2, 0.25) is 5.02 Å². The number of benzene rings is 1. The molecule has 0 fully saturated rings. The summed E-state index contributed by atoms with van der Waals surface area (Å²) in [5, 5.41) is 9.24. The number of anilines is 1. The molecule has 0 saturated heterocycles. The van der Waals surface area contributed by atoms with Crippen LogP contribution in [0.15, 0.2) is 12.1 Å². The fourth-order valence-corrected chi connectivity index (χ4v) is 1.16. The summed E-state index contributed by atoms with van der Waals surface area (Å²) >= 11 is 5.64. The van der Waals surface area contributed by atoms with Crippen LogP contribution in [-0.2, 0) is 0 Å². The summed E-state index contributed by atoms with van der Waals surface area (Å²) in [5.74, 6) is -0.431. The lowest BCUT2D eigenvalue weighted by Crippen LogP contribution is -1.95. The zero-order valence-electron chi connectivity index (χ0n) is 6.47. The normalized spacial score (nSPS) is 9.83. The molecule has 0 saturated carbocycles. The number of halogens is 1. The number of hydrogen-bond acceptors (Lipinski definition) is 3. The SMILES string of the molecule is CC(=O)c1ccc(N)c(O)c1Cl. The lowest BCUT2D eigenvalue weighted by atomic mass is 10.1. The Bertz CT molecular complexity index is 336. The van der Waals surface area contributed by atoms with E-state index in [0.29, 0.717) is 0 Å². The van der Waals surface area contributed by atoms with Crippen LogP contribution in [0.1, 0.15) is 17.3 Å². The van der Waals surface area contributed by atoms with Gasteiger partial charge in [0, 0.05) is 5.56 Å². The Morgan fingerprint density at radius 3 is 2.67 bits per heavy atom. The van der Waals surface area contributed by atoms with E-state index in [4.69, 9.17) is 17.3 Å². The fraction of sp³-hybridized carbons (Fsp3) is 0.125. The minimum Gasteiger partial charge on any atom is -0.504 e. The molecule has 0 spiro atoms. The van der Waals surface area contributed by atoms with Crippen molar-refractivity contribution in [3.05, 3.63) is 22.7 Å². The van der Waals surface area contributed by atoms with Crippen molar-refractivity contribution >= 4 is 23.1 Å². The molecule has 1 aromatic rings. The minimum absolute atomic E-state index is 0.0162. The Morgan fingerprint density at radius 1 is 1.58 bits per heavy atom. The van der Waals surface area contributed by atoms with Crippen LogP contribution in [0.4, 0.5) is 5.69 Å². The Hall–Kier alpha value is -1.22. The van der Waals surface area contributed by atoms with Gasteiger partial charge in [-0.15, -0.1) is 0 Å². The zero-order valence-corrected chi connectivity index (χ0v) is 7.22. The summed E-state index contributed by atoms with van der Waals surface area (Å²) in [6.45, 7) is 1.37. The van der Waals surface area contributed by atoms with E-state index >= 15 is 0 Å². The average molecular weight is 186 g/mol. The van der Waals surface area contributed by atoms with Gasteiger partial charge in [-0.2, -0.15) is 0 Å². The molecular formula is C8H8ClNO2. The second kappa shape index (κ2) is 3.03. The fourth-order valence-electron chi connectivity index (χ4n) is 0.851. The lowest BCUT2D eigenvalue weighted by Gasteiger charge is -2.04. The molecule has 0 heterocycles. The molecule has 0 radical (unpaired) electrons. The molecule has 0 amide bonds. The molecule has 4 heteroatoms. The highest BCUT2D eigenvalue weighted by atomic mass is 35.5. The Balaban J connectivity index is 3.36. The number of nitrogen functional groups attached to an aromatic ring is 1. The summed E-state index contributed by atoms with van der Waals surface area (Å²) in [4.78, 5) is 10.9. The molecule has 0 atom stereocenters. The van der Waals surface area contributed by atoms with Gasteiger partial charge in [0.1, 0.15) is 0 Å².